The summed E-state index contributed by atoms with van der Waals surface area (Å²) in [5.41, 5.74) is 1.87. The Morgan fingerprint density at radius 1 is 1.10 bits per heavy atom. The van der Waals surface area contributed by atoms with E-state index in [0.29, 0.717) is 23.9 Å². The zero-order chi connectivity index (χ0) is 20.8. The number of aromatic nitrogens is 1. The Balaban J connectivity index is 1.30. The fraction of sp³-hybridized carbons (Fsp3) is 0.227. The van der Waals surface area contributed by atoms with Gasteiger partial charge in [0.25, 0.3) is 5.91 Å². The van der Waals surface area contributed by atoms with Gasteiger partial charge >= 0.3 is 0 Å². The summed E-state index contributed by atoms with van der Waals surface area (Å²) in [4.78, 5) is 31.4. The van der Waals surface area contributed by atoms with E-state index in [9.17, 15) is 9.59 Å². The molecule has 1 N–H and O–H groups in total. The number of thiazole rings is 1. The normalized spacial score (nSPS) is 15.7. The topological polar surface area (TPSA) is 71.5 Å². The van der Waals surface area contributed by atoms with Crippen LogP contribution in [0, 0.1) is 0 Å². The fourth-order valence-corrected chi connectivity index (χ4v) is 5.05. The number of nitrogens with one attached hydrogen (secondary N) is 1. The maximum Gasteiger partial charge on any atom is 0.261 e. The van der Waals surface area contributed by atoms with E-state index in [-0.39, 0.29) is 18.4 Å². The average Bonchev–Trinajstić information content (AvgIpc) is 3.47. The van der Waals surface area contributed by atoms with Gasteiger partial charge in [0.2, 0.25) is 5.91 Å². The third-order valence-electron chi connectivity index (χ3n) is 4.63. The number of hydrogen-bond donors (Lipinski definition) is 1. The molecular formula is C22H21N3O3S2. The van der Waals surface area contributed by atoms with E-state index in [1.54, 1.807) is 40.1 Å². The number of carbonyl (C=O) groups excluding carboxylic acids is 2. The molecule has 1 aromatic heterocycles. The minimum absolute atomic E-state index is 0.0825. The number of hydrogen-bond acceptors (Lipinski definition) is 6. The smallest absolute Gasteiger partial charge is 0.261 e. The van der Waals surface area contributed by atoms with Crippen molar-refractivity contribution >= 4 is 34.9 Å². The number of para-hydroxylation sites is 1. The lowest BCUT2D eigenvalue weighted by molar-refractivity contribution is -0.139. The Labute approximate surface area is 183 Å². The molecule has 0 aliphatic carbocycles. The van der Waals surface area contributed by atoms with Crippen LogP contribution in [0.5, 0.6) is 5.75 Å². The summed E-state index contributed by atoms with van der Waals surface area (Å²) in [5.74, 6) is 1.35. The Kier molecular flexibility index (Phi) is 6.66. The van der Waals surface area contributed by atoms with Crippen LogP contribution in [0.1, 0.15) is 5.69 Å². The first-order valence-electron chi connectivity index (χ1n) is 9.53. The van der Waals surface area contributed by atoms with Crippen LogP contribution in [0.2, 0.25) is 0 Å². The highest BCUT2D eigenvalue weighted by Crippen LogP contribution is 2.24. The molecule has 6 nitrogen and oxygen atoms in total. The van der Waals surface area contributed by atoms with Crippen LogP contribution in [0.15, 0.2) is 66.0 Å². The van der Waals surface area contributed by atoms with Crippen LogP contribution in [0.25, 0.3) is 10.6 Å². The van der Waals surface area contributed by atoms with Crippen molar-refractivity contribution < 1.29 is 14.3 Å². The first-order valence-corrected chi connectivity index (χ1v) is 11.6. The van der Waals surface area contributed by atoms with Crippen LogP contribution in [-0.4, -0.2) is 46.0 Å². The summed E-state index contributed by atoms with van der Waals surface area (Å²) in [7, 11) is 0. The van der Waals surface area contributed by atoms with Gasteiger partial charge in [-0.25, -0.2) is 4.98 Å². The summed E-state index contributed by atoms with van der Waals surface area (Å²) in [5, 5.41) is 5.79. The van der Waals surface area contributed by atoms with E-state index >= 15 is 0 Å². The van der Waals surface area contributed by atoms with E-state index in [1.807, 2.05) is 53.9 Å². The number of benzene rings is 2. The monoisotopic (exact) mass is 439 g/mol. The van der Waals surface area contributed by atoms with Crippen LogP contribution < -0.4 is 10.1 Å². The number of carbonyl (C=O) groups is 2. The molecule has 1 saturated heterocycles. The third-order valence-corrected chi connectivity index (χ3v) is 6.58. The second kappa shape index (κ2) is 9.77. The van der Waals surface area contributed by atoms with Crippen LogP contribution in [0.3, 0.4) is 0 Å². The zero-order valence-electron chi connectivity index (χ0n) is 16.2. The quantitative estimate of drug-likeness (QED) is 0.611. The van der Waals surface area contributed by atoms with E-state index in [1.165, 1.54) is 0 Å². The first kappa shape index (κ1) is 20.4. The van der Waals surface area contributed by atoms with Gasteiger partial charge in [0.1, 0.15) is 16.8 Å². The molecule has 0 radical (unpaired) electrons. The molecule has 3 aromatic rings. The number of thioether (sulfide) groups is 1. The van der Waals surface area contributed by atoms with Crippen LogP contribution in [0.4, 0.5) is 0 Å². The molecule has 2 heterocycles. The van der Waals surface area contributed by atoms with Gasteiger partial charge in [-0.05, 0) is 12.1 Å². The van der Waals surface area contributed by atoms with Gasteiger partial charge in [-0.15, -0.1) is 23.1 Å². The molecule has 154 valence electrons. The Morgan fingerprint density at radius 3 is 2.60 bits per heavy atom. The van der Waals surface area contributed by atoms with Gasteiger partial charge in [0.15, 0.2) is 6.61 Å². The van der Waals surface area contributed by atoms with E-state index in [4.69, 9.17) is 4.74 Å². The van der Waals surface area contributed by atoms with Gasteiger partial charge in [-0.2, -0.15) is 0 Å². The molecule has 0 spiro atoms. The van der Waals surface area contributed by atoms with Crippen molar-refractivity contribution in [2.75, 3.05) is 18.2 Å². The molecule has 0 saturated carbocycles. The minimum Gasteiger partial charge on any atom is -0.484 e. The van der Waals surface area contributed by atoms with Crippen LogP contribution >= 0.6 is 23.1 Å². The second-order valence-electron chi connectivity index (χ2n) is 6.71. The molecule has 4 rings (SSSR count). The lowest BCUT2D eigenvalue weighted by atomic mass is 10.2. The van der Waals surface area contributed by atoms with Crippen molar-refractivity contribution in [3.63, 3.8) is 0 Å². The van der Waals surface area contributed by atoms with Gasteiger partial charge in [-0.3, -0.25) is 9.59 Å². The van der Waals surface area contributed by atoms with Crippen molar-refractivity contribution in [3.05, 3.63) is 71.7 Å². The molecule has 1 aliphatic rings. The van der Waals surface area contributed by atoms with Gasteiger partial charge in [-0.1, -0.05) is 48.5 Å². The van der Waals surface area contributed by atoms with Crippen molar-refractivity contribution in [2.45, 2.75) is 12.6 Å². The predicted molar refractivity (Wildman–Crippen MR) is 119 cm³/mol. The molecule has 8 heteroatoms. The number of amides is 2. The van der Waals surface area contributed by atoms with Gasteiger partial charge in [0.05, 0.1) is 18.1 Å². The highest BCUT2D eigenvalue weighted by molar-refractivity contribution is 7.99. The third kappa shape index (κ3) is 5.01. The maximum absolute atomic E-state index is 12.7. The molecule has 1 aliphatic heterocycles. The summed E-state index contributed by atoms with van der Waals surface area (Å²) in [6, 6.07) is 18.6. The summed E-state index contributed by atoms with van der Waals surface area (Å²) in [6.07, 6.45) is 0. The number of nitrogens with zero attached hydrogens (tertiary/aromatic N) is 2. The molecule has 1 fully saturated rings. The van der Waals surface area contributed by atoms with Crippen molar-refractivity contribution in [3.8, 4) is 16.3 Å². The zero-order valence-corrected chi connectivity index (χ0v) is 17.8. The maximum atomic E-state index is 12.7. The minimum atomic E-state index is -0.492. The van der Waals surface area contributed by atoms with Gasteiger partial charge in [0, 0.05) is 16.7 Å². The largest absolute Gasteiger partial charge is 0.484 e. The van der Waals surface area contributed by atoms with Crippen molar-refractivity contribution in [2.24, 2.45) is 0 Å². The highest BCUT2D eigenvalue weighted by atomic mass is 32.2. The fourth-order valence-electron chi connectivity index (χ4n) is 3.05. The Bertz CT molecular complexity index is 995. The average molecular weight is 440 g/mol. The van der Waals surface area contributed by atoms with Gasteiger partial charge < -0.3 is 15.0 Å². The van der Waals surface area contributed by atoms with E-state index in [2.05, 4.69) is 10.3 Å². The Hall–Kier alpha value is -2.84. The molecule has 0 unspecified atom stereocenters. The molecule has 2 amide bonds. The van der Waals surface area contributed by atoms with E-state index < -0.39 is 6.04 Å². The molecule has 30 heavy (non-hydrogen) atoms. The summed E-state index contributed by atoms with van der Waals surface area (Å²) in [6.45, 7) is 0.257. The predicted octanol–water partition coefficient (Wildman–Crippen LogP) is 3.41. The number of ether oxygens (including phenoxy) is 1. The lowest BCUT2D eigenvalue weighted by Gasteiger charge is -2.23. The summed E-state index contributed by atoms with van der Waals surface area (Å²) >= 11 is 3.12. The summed E-state index contributed by atoms with van der Waals surface area (Å²) < 4.78 is 5.54. The first-order chi connectivity index (χ1) is 14.7. The molecular weight excluding hydrogens is 418 g/mol. The standard InChI is InChI=1S/C22H21N3O3S2/c26-20(12-28-18-9-5-2-6-10-18)25-15-29-14-19(25)21(27)23-11-17-13-30-22(24-17)16-7-3-1-4-8-16/h1-10,13,19H,11-12,14-15H2,(H,23,27)/t19-/m1/s1. The Morgan fingerprint density at radius 2 is 1.83 bits per heavy atom. The van der Waals surface area contributed by atoms with Crippen molar-refractivity contribution in [1.29, 1.82) is 0 Å². The lowest BCUT2D eigenvalue weighted by Crippen LogP contribution is -2.48. The van der Waals surface area contributed by atoms with Crippen LogP contribution in [-0.2, 0) is 16.1 Å². The SMILES string of the molecule is O=C(NCc1csc(-c2ccccc2)n1)[C@H]1CSCN1C(=O)COc1ccccc1. The molecule has 2 aromatic carbocycles. The highest BCUT2D eigenvalue weighted by Gasteiger charge is 2.34. The van der Waals surface area contributed by atoms with E-state index in [0.717, 1.165) is 16.3 Å². The number of rotatable bonds is 7. The van der Waals surface area contributed by atoms with Crippen molar-refractivity contribution in [1.82, 2.24) is 15.2 Å². The molecule has 1 atom stereocenters. The molecule has 0 bridgehead atoms. The second-order valence-corrected chi connectivity index (χ2v) is 8.57.